The molecule has 3 amide bonds. The lowest BCUT2D eigenvalue weighted by molar-refractivity contribution is -0.185. The number of urea groups is 1. The summed E-state index contributed by atoms with van der Waals surface area (Å²) >= 11 is 5.80. The molecule has 1 unspecified atom stereocenters. The van der Waals surface area contributed by atoms with Crippen molar-refractivity contribution in [3.05, 3.63) is 40.3 Å². The van der Waals surface area contributed by atoms with Crippen LogP contribution in [0.1, 0.15) is 36.8 Å². The van der Waals surface area contributed by atoms with Crippen molar-refractivity contribution in [3.63, 3.8) is 0 Å². The summed E-state index contributed by atoms with van der Waals surface area (Å²) < 4.78 is 55.8. The normalized spacial score (nSPS) is 16.8. The summed E-state index contributed by atoms with van der Waals surface area (Å²) in [4.78, 5) is 25.4. The van der Waals surface area contributed by atoms with Gasteiger partial charge in [0.25, 0.3) is 5.91 Å². The number of alkyl halides is 3. The van der Waals surface area contributed by atoms with Gasteiger partial charge in [0.2, 0.25) is 0 Å². The van der Waals surface area contributed by atoms with Crippen LogP contribution in [0.5, 0.6) is 0 Å². The number of carbonyl (C=O) groups is 2. The Morgan fingerprint density at radius 2 is 1.90 bits per heavy atom. The van der Waals surface area contributed by atoms with Gasteiger partial charge in [-0.3, -0.25) is 9.48 Å². The molecule has 1 aromatic heterocycles. The summed E-state index contributed by atoms with van der Waals surface area (Å²) in [5.41, 5.74) is 4.77. The number of fused-ring (bicyclic) bond motifs is 1. The number of hydrogen-bond acceptors (Lipinski definition) is 3. The number of aromatic nitrogens is 2. The van der Waals surface area contributed by atoms with Gasteiger partial charge < -0.3 is 16.0 Å². The molecule has 7 nitrogen and oxygen atoms in total. The number of nitrogens with zero attached hydrogens (tertiary/aromatic N) is 3. The minimum atomic E-state index is -4.74. The molecule has 3 N–H and O–H groups in total. The third-order valence-electron chi connectivity index (χ3n) is 4.66. The number of halogens is 5. The Bertz CT molecular complexity index is 1050. The number of nitrogens with two attached hydrogens (primary N) is 1. The lowest BCUT2D eigenvalue weighted by Gasteiger charge is -2.38. The van der Waals surface area contributed by atoms with E-state index in [2.05, 4.69) is 10.4 Å². The topological polar surface area (TPSA) is 93.2 Å². The first-order valence-corrected chi connectivity index (χ1v) is 9.57. The monoisotopic (exact) mass is 461 g/mol. The zero-order chi connectivity index (χ0) is 23.3. The molecule has 0 fully saturated rings. The van der Waals surface area contributed by atoms with E-state index < -0.39 is 48.6 Å². The van der Waals surface area contributed by atoms with Crippen molar-refractivity contribution in [1.29, 1.82) is 0 Å². The van der Waals surface area contributed by atoms with Crippen LogP contribution in [0.3, 0.4) is 0 Å². The largest absolute Gasteiger partial charge is 0.410 e. The smallest absolute Gasteiger partial charge is 0.365 e. The molecule has 1 aromatic carbocycles. The zero-order valence-corrected chi connectivity index (χ0v) is 17.6. The van der Waals surface area contributed by atoms with Gasteiger partial charge in [-0.25, -0.2) is 9.18 Å². The van der Waals surface area contributed by atoms with Gasteiger partial charge >= 0.3 is 12.2 Å². The fourth-order valence-electron chi connectivity index (χ4n) is 3.33. The summed E-state index contributed by atoms with van der Waals surface area (Å²) in [6.45, 7) is 3.62. The lowest BCUT2D eigenvalue weighted by Crippen LogP contribution is -2.59. The fraction of sp³-hybridized carbons (Fsp3) is 0.421. The van der Waals surface area contributed by atoms with Crippen LogP contribution in [-0.2, 0) is 13.1 Å². The quantitative estimate of drug-likeness (QED) is 0.668. The zero-order valence-electron chi connectivity index (χ0n) is 16.8. The second-order valence-corrected chi connectivity index (χ2v) is 8.62. The highest BCUT2D eigenvalue weighted by molar-refractivity contribution is 6.31. The fourth-order valence-corrected chi connectivity index (χ4v) is 3.51. The minimum Gasteiger partial charge on any atom is -0.365 e. The molecule has 2 aromatic rings. The summed E-state index contributed by atoms with van der Waals surface area (Å²) in [5, 5.41) is 6.37. The van der Waals surface area contributed by atoms with Crippen molar-refractivity contribution in [1.82, 2.24) is 20.0 Å². The summed E-state index contributed by atoms with van der Waals surface area (Å²) in [7, 11) is 0. The number of benzene rings is 1. The van der Waals surface area contributed by atoms with Crippen molar-refractivity contribution >= 4 is 23.5 Å². The van der Waals surface area contributed by atoms with E-state index in [1.54, 1.807) is 20.8 Å². The van der Waals surface area contributed by atoms with Gasteiger partial charge in [0.05, 0.1) is 29.4 Å². The molecule has 2 heterocycles. The van der Waals surface area contributed by atoms with Gasteiger partial charge in [-0.1, -0.05) is 11.6 Å². The van der Waals surface area contributed by atoms with E-state index in [1.807, 2.05) is 0 Å². The Balaban J connectivity index is 2.13. The second-order valence-electron chi connectivity index (χ2n) is 8.21. The molecular formula is C19H20ClF4N5O2. The van der Waals surface area contributed by atoms with E-state index in [0.29, 0.717) is 4.90 Å². The highest BCUT2D eigenvalue weighted by atomic mass is 35.5. The van der Waals surface area contributed by atoms with E-state index in [0.717, 1.165) is 10.7 Å². The van der Waals surface area contributed by atoms with Crippen LogP contribution < -0.4 is 11.1 Å². The van der Waals surface area contributed by atoms with Crippen LogP contribution in [-0.4, -0.2) is 44.4 Å². The van der Waals surface area contributed by atoms with Crippen molar-refractivity contribution in [3.8, 4) is 11.3 Å². The molecule has 1 aliphatic rings. The maximum absolute atomic E-state index is 13.8. The molecule has 0 saturated heterocycles. The van der Waals surface area contributed by atoms with E-state index in [9.17, 15) is 27.2 Å². The number of amides is 3. The first kappa shape index (κ1) is 22.9. The van der Waals surface area contributed by atoms with E-state index in [4.69, 9.17) is 17.3 Å². The van der Waals surface area contributed by atoms with Crippen LogP contribution in [0, 0.1) is 5.82 Å². The second kappa shape index (κ2) is 7.70. The van der Waals surface area contributed by atoms with Crippen molar-refractivity contribution in [2.45, 2.75) is 51.6 Å². The van der Waals surface area contributed by atoms with Gasteiger partial charge in [-0.2, -0.15) is 18.3 Å². The van der Waals surface area contributed by atoms with E-state index in [-0.39, 0.29) is 27.5 Å². The highest BCUT2D eigenvalue weighted by Crippen LogP contribution is 2.35. The Morgan fingerprint density at radius 1 is 1.26 bits per heavy atom. The van der Waals surface area contributed by atoms with Gasteiger partial charge in [-0.05, 0) is 39.0 Å². The third-order valence-corrected chi connectivity index (χ3v) is 4.95. The van der Waals surface area contributed by atoms with Crippen molar-refractivity contribution in [2.75, 3.05) is 0 Å². The molecule has 31 heavy (non-hydrogen) atoms. The van der Waals surface area contributed by atoms with Crippen molar-refractivity contribution in [2.24, 2.45) is 5.73 Å². The standard InChI is InChI=1S/C19H20ClF4N5O2/c1-18(2,3)26-17(31)28-7-12-14(16(25)30)15(9-4-5-11(21)10(20)6-9)27-29(12)8-13(28)19(22,23)24/h4-6,13H,7-8H2,1-3H3,(H2,25,30)(H,26,31). The first-order chi connectivity index (χ1) is 14.2. The maximum atomic E-state index is 13.8. The molecule has 12 heteroatoms. The summed E-state index contributed by atoms with van der Waals surface area (Å²) in [6.07, 6.45) is -4.74. The molecule has 1 atom stereocenters. The molecule has 0 spiro atoms. The first-order valence-electron chi connectivity index (χ1n) is 9.19. The van der Waals surface area contributed by atoms with Crippen LogP contribution in [0.15, 0.2) is 18.2 Å². The molecule has 0 bridgehead atoms. The number of primary amides is 1. The van der Waals surface area contributed by atoms with Crippen molar-refractivity contribution < 1.29 is 27.2 Å². The van der Waals surface area contributed by atoms with Crippen LogP contribution >= 0.6 is 11.6 Å². The maximum Gasteiger partial charge on any atom is 0.410 e. The number of nitrogens with one attached hydrogen (secondary N) is 1. The molecule has 1 aliphatic heterocycles. The molecule has 0 radical (unpaired) electrons. The number of rotatable bonds is 2. The molecular weight excluding hydrogens is 442 g/mol. The molecule has 168 valence electrons. The number of carbonyl (C=O) groups excluding carboxylic acids is 2. The van der Waals surface area contributed by atoms with Crippen LogP contribution in [0.4, 0.5) is 22.4 Å². The lowest BCUT2D eigenvalue weighted by atomic mass is 10.0. The van der Waals surface area contributed by atoms with Gasteiger partial charge in [0.15, 0.2) is 0 Å². The van der Waals surface area contributed by atoms with Crippen LogP contribution in [0.25, 0.3) is 11.3 Å². The van der Waals surface area contributed by atoms with E-state index >= 15 is 0 Å². The SMILES string of the molecule is CC(C)(C)NC(=O)N1Cc2c(C(N)=O)c(-c3ccc(F)c(Cl)c3)nn2CC1C(F)(F)F. The summed E-state index contributed by atoms with van der Waals surface area (Å²) in [5.74, 6) is -1.66. The Morgan fingerprint density at radius 3 is 2.42 bits per heavy atom. The average Bonchev–Trinajstić information content (AvgIpc) is 2.99. The predicted octanol–water partition coefficient (Wildman–Crippen LogP) is 3.70. The van der Waals surface area contributed by atoms with E-state index in [1.165, 1.54) is 12.1 Å². The molecule has 0 saturated carbocycles. The van der Waals surface area contributed by atoms with Gasteiger partial charge in [0.1, 0.15) is 17.6 Å². The Hall–Kier alpha value is -2.82. The van der Waals surface area contributed by atoms with Crippen LogP contribution in [0.2, 0.25) is 5.02 Å². The average molecular weight is 462 g/mol. The minimum absolute atomic E-state index is 0.0385. The predicted molar refractivity (Wildman–Crippen MR) is 105 cm³/mol. The van der Waals surface area contributed by atoms with Gasteiger partial charge in [0, 0.05) is 11.1 Å². The highest BCUT2D eigenvalue weighted by Gasteiger charge is 2.49. The number of hydrogen-bond donors (Lipinski definition) is 2. The van der Waals surface area contributed by atoms with Gasteiger partial charge in [-0.15, -0.1) is 0 Å². The summed E-state index contributed by atoms with van der Waals surface area (Å²) in [6, 6.07) is 0.412. The Kier molecular flexibility index (Phi) is 5.68. The molecule has 3 rings (SSSR count). The molecule has 0 aliphatic carbocycles. The third kappa shape index (κ3) is 4.60. The Labute approximate surface area is 180 Å².